The van der Waals surface area contributed by atoms with Gasteiger partial charge in [0, 0.05) is 37.4 Å². The van der Waals surface area contributed by atoms with E-state index in [1.54, 1.807) is 0 Å². The zero-order chi connectivity index (χ0) is 23.4. The first kappa shape index (κ1) is 23.7. The van der Waals surface area contributed by atoms with Crippen molar-refractivity contribution in [3.63, 3.8) is 0 Å². The number of likely N-dealkylation sites (tertiary alicyclic amines) is 1. The normalized spacial score (nSPS) is 17.5. The largest absolute Gasteiger partial charge is 0.353 e. The first-order valence-electron chi connectivity index (χ1n) is 12.2. The number of para-hydroxylation sites is 2. The maximum atomic E-state index is 6.29. The van der Waals surface area contributed by atoms with Crippen LogP contribution in [0, 0.1) is 12.8 Å². The third-order valence-corrected chi connectivity index (χ3v) is 6.68. The Hall–Kier alpha value is -2.48. The summed E-state index contributed by atoms with van der Waals surface area (Å²) in [5.41, 5.74) is 10.3. The van der Waals surface area contributed by atoms with Gasteiger partial charge in [0.2, 0.25) is 5.95 Å². The van der Waals surface area contributed by atoms with Gasteiger partial charge in [-0.3, -0.25) is 9.55 Å². The molecule has 2 aromatic heterocycles. The van der Waals surface area contributed by atoms with E-state index in [-0.39, 0.29) is 12.1 Å². The maximum Gasteiger partial charge on any atom is 0.206 e. The van der Waals surface area contributed by atoms with E-state index >= 15 is 0 Å². The molecule has 1 aliphatic heterocycles. The van der Waals surface area contributed by atoms with Gasteiger partial charge in [0.15, 0.2) is 0 Å². The molecule has 0 bridgehead atoms. The van der Waals surface area contributed by atoms with Crippen LogP contribution in [0.4, 0.5) is 5.95 Å². The summed E-state index contributed by atoms with van der Waals surface area (Å²) in [7, 11) is 0. The highest BCUT2D eigenvalue weighted by Crippen LogP contribution is 2.24. The molecule has 33 heavy (non-hydrogen) atoms. The third kappa shape index (κ3) is 5.91. The number of nitrogens with two attached hydrogens (primary N) is 1. The minimum atomic E-state index is -0.104. The van der Waals surface area contributed by atoms with E-state index in [9.17, 15) is 0 Å². The number of anilines is 1. The monoisotopic (exact) mass is 450 g/mol. The minimum Gasteiger partial charge on any atom is -0.353 e. The van der Waals surface area contributed by atoms with Gasteiger partial charge in [0.1, 0.15) is 6.73 Å². The number of piperidine rings is 1. The van der Waals surface area contributed by atoms with Gasteiger partial charge < -0.3 is 20.7 Å². The van der Waals surface area contributed by atoms with Crippen molar-refractivity contribution >= 4 is 17.0 Å². The molecule has 1 saturated heterocycles. The molecule has 1 aromatic carbocycles. The molecule has 1 fully saturated rings. The highest BCUT2D eigenvalue weighted by molar-refractivity contribution is 5.78. The van der Waals surface area contributed by atoms with Crippen molar-refractivity contribution in [1.82, 2.24) is 19.4 Å². The number of nitrogens with one attached hydrogen (secondary N) is 1. The Labute approximate surface area is 197 Å². The molecule has 7 heteroatoms. The predicted octanol–water partition coefficient (Wildman–Crippen LogP) is 4.33. The number of aryl methyl sites for hydroxylation is 1. The fraction of sp³-hybridized carbons (Fsp3) is 0.538. The van der Waals surface area contributed by atoms with Crippen LogP contribution in [-0.2, 0) is 11.5 Å². The number of hydrogen-bond donors (Lipinski definition) is 2. The molecule has 3 aromatic rings. The highest BCUT2D eigenvalue weighted by atomic mass is 16.5. The molecule has 4 rings (SSSR count). The van der Waals surface area contributed by atoms with Crippen LogP contribution in [0.3, 0.4) is 0 Å². The van der Waals surface area contributed by atoms with Crippen LogP contribution in [0.1, 0.15) is 51.1 Å². The molecule has 0 spiro atoms. The summed E-state index contributed by atoms with van der Waals surface area (Å²) in [5.74, 6) is 1.39. The lowest BCUT2D eigenvalue weighted by atomic mass is 10.0. The summed E-state index contributed by atoms with van der Waals surface area (Å²) in [6.07, 6.45) is 2.06. The molecular formula is C26H38N6O. The first-order valence-corrected chi connectivity index (χ1v) is 12.2. The van der Waals surface area contributed by atoms with E-state index in [1.807, 2.05) is 44.2 Å². The van der Waals surface area contributed by atoms with Gasteiger partial charge in [-0.05, 0) is 56.9 Å². The SMILES string of the molecule is Cc1cccc(C(C)OCn2c(NC3CCN(CC(N)C(C)C)CC3)nc3ccccc32)n1. The van der Waals surface area contributed by atoms with E-state index < -0.39 is 0 Å². The topological polar surface area (TPSA) is 81.2 Å². The summed E-state index contributed by atoms with van der Waals surface area (Å²) >= 11 is 0. The molecule has 3 N–H and O–H groups in total. The number of benzene rings is 1. The van der Waals surface area contributed by atoms with E-state index in [0.29, 0.717) is 18.7 Å². The van der Waals surface area contributed by atoms with Crippen LogP contribution in [-0.4, -0.2) is 51.2 Å². The smallest absolute Gasteiger partial charge is 0.206 e. The summed E-state index contributed by atoms with van der Waals surface area (Å²) in [6, 6.07) is 14.9. The van der Waals surface area contributed by atoms with Gasteiger partial charge in [-0.15, -0.1) is 0 Å². The van der Waals surface area contributed by atoms with Gasteiger partial charge in [0.25, 0.3) is 0 Å². The minimum absolute atomic E-state index is 0.104. The van der Waals surface area contributed by atoms with E-state index in [1.165, 1.54) is 0 Å². The number of hydrogen-bond acceptors (Lipinski definition) is 6. The van der Waals surface area contributed by atoms with E-state index in [4.69, 9.17) is 15.5 Å². The second kappa shape index (κ2) is 10.6. The standard InChI is InChI=1S/C26H38N6O/c1-18(2)22(27)16-31-14-12-21(13-15-31)29-26-30-24-9-5-6-11-25(24)32(26)17-33-20(4)23-10-7-8-19(3)28-23/h5-11,18,20-22H,12-17,27H2,1-4H3,(H,29,30). The van der Waals surface area contributed by atoms with Crippen molar-refractivity contribution in [2.75, 3.05) is 25.0 Å². The van der Waals surface area contributed by atoms with Crippen molar-refractivity contribution < 1.29 is 4.74 Å². The van der Waals surface area contributed by atoms with Crippen LogP contribution < -0.4 is 11.1 Å². The quantitative estimate of drug-likeness (QED) is 0.505. The number of nitrogens with zero attached hydrogens (tertiary/aromatic N) is 4. The van der Waals surface area contributed by atoms with E-state index in [2.05, 4.69) is 45.7 Å². The highest BCUT2D eigenvalue weighted by Gasteiger charge is 2.23. The van der Waals surface area contributed by atoms with Crippen LogP contribution >= 0.6 is 0 Å². The van der Waals surface area contributed by atoms with Gasteiger partial charge in [-0.2, -0.15) is 0 Å². The lowest BCUT2D eigenvalue weighted by molar-refractivity contribution is 0.0171. The summed E-state index contributed by atoms with van der Waals surface area (Å²) in [5, 5.41) is 3.71. The molecule has 2 unspecified atom stereocenters. The molecule has 2 atom stereocenters. The van der Waals surface area contributed by atoms with Crippen molar-refractivity contribution in [2.24, 2.45) is 11.7 Å². The van der Waals surface area contributed by atoms with Crippen LogP contribution in [0.5, 0.6) is 0 Å². The second-order valence-electron chi connectivity index (χ2n) is 9.62. The van der Waals surface area contributed by atoms with Crippen LogP contribution in [0.25, 0.3) is 11.0 Å². The Bertz CT molecular complexity index is 1040. The van der Waals surface area contributed by atoms with Gasteiger partial charge >= 0.3 is 0 Å². The number of ether oxygens (including phenoxy) is 1. The Kier molecular flexibility index (Phi) is 7.63. The molecular weight excluding hydrogens is 412 g/mol. The molecule has 1 aliphatic rings. The van der Waals surface area contributed by atoms with Gasteiger partial charge in [0.05, 0.1) is 22.8 Å². The Balaban J connectivity index is 1.42. The summed E-state index contributed by atoms with van der Waals surface area (Å²) in [6.45, 7) is 12.0. The number of fused-ring (bicyclic) bond motifs is 1. The second-order valence-corrected chi connectivity index (χ2v) is 9.62. The zero-order valence-corrected chi connectivity index (χ0v) is 20.4. The average molecular weight is 451 g/mol. The average Bonchev–Trinajstić information content (AvgIpc) is 3.15. The summed E-state index contributed by atoms with van der Waals surface area (Å²) in [4.78, 5) is 12.0. The maximum absolute atomic E-state index is 6.29. The lowest BCUT2D eigenvalue weighted by Gasteiger charge is -2.34. The van der Waals surface area contributed by atoms with E-state index in [0.717, 1.165) is 60.8 Å². The van der Waals surface area contributed by atoms with Crippen LogP contribution in [0.15, 0.2) is 42.5 Å². The molecule has 0 radical (unpaired) electrons. The fourth-order valence-electron chi connectivity index (χ4n) is 4.33. The van der Waals surface area contributed by atoms with Crippen molar-refractivity contribution in [2.45, 2.75) is 65.5 Å². The molecule has 3 heterocycles. The van der Waals surface area contributed by atoms with Crippen LogP contribution in [0.2, 0.25) is 0 Å². The number of aromatic nitrogens is 3. The molecule has 7 nitrogen and oxygen atoms in total. The van der Waals surface area contributed by atoms with Crippen molar-refractivity contribution in [3.05, 3.63) is 53.9 Å². The predicted molar refractivity (Wildman–Crippen MR) is 134 cm³/mol. The zero-order valence-electron chi connectivity index (χ0n) is 20.4. The van der Waals surface area contributed by atoms with Crippen molar-refractivity contribution in [1.29, 1.82) is 0 Å². The molecule has 0 amide bonds. The number of rotatable bonds is 9. The van der Waals surface area contributed by atoms with Gasteiger partial charge in [-0.25, -0.2) is 4.98 Å². The molecule has 178 valence electrons. The Morgan fingerprint density at radius 3 is 2.55 bits per heavy atom. The molecule has 0 aliphatic carbocycles. The Morgan fingerprint density at radius 1 is 1.06 bits per heavy atom. The summed E-state index contributed by atoms with van der Waals surface area (Å²) < 4.78 is 8.39. The Morgan fingerprint density at radius 2 is 1.82 bits per heavy atom. The van der Waals surface area contributed by atoms with Crippen molar-refractivity contribution in [3.8, 4) is 0 Å². The van der Waals surface area contributed by atoms with Gasteiger partial charge in [-0.1, -0.05) is 32.0 Å². The third-order valence-electron chi connectivity index (χ3n) is 6.68. The number of pyridine rings is 1. The first-order chi connectivity index (χ1) is 15.9. The fourth-order valence-corrected chi connectivity index (χ4v) is 4.33. The number of imidazole rings is 1. The molecule has 0 saturated carbocycles. The lowest BCUT2D eigenvalue weighted by Crippen LogP contribution is -2.46.